The van der Waals surface area contributed by atoms with Crippen molar-refractivity contribution in [1.82, 2.24) is 0 Å². The van der Waals surface area contributed by atoms with Gasteiger partial charge in [-0.25, -0.2) is 0 Å². The highest BCUT2D eigenvalue weighted by atomic mass is 28.4. The normalized spacial score (nSPS) is 25.2. The van der Waals surface area contributed by atoms with E-state index >= 15 is 0 Å². The van der Waals surface area contributed by atoms with Crippen LogP contribution in [0.25, 0.3) is 0 Å². The van der Waals surface area contributed by atoms with Gasteiger partial charge in [-0.3, -0.25) is 4.79 Å². The van der Waals surface area contributed by atoms with E-state index in [4.69, 9.17) is 13.6 Å². The lowest BCUT2D eigenvalue weighted by atomic mass is 9.89. The summed E-state index contributed by atoms with van der Waals surface area (Å²) in [4.78, 5) is 11.4. The first kappa shape index (κ1) is 29.8. The third kappa shape index (κ3) is 7.93. The number of unbranched alkanes of at least 4 members (excludes halogenated alkanes) is 2. The lowest BCUT2D eigenvalue weighted by Crippen LogP contribution is -2.45. The van der Waals surface area contributed by atoms with Crippen molar-refractivity contribution < 1.29 is 23.5 Å². The highest BCUT2D eigenvalue weighted by Gasteiger charge is 2.50. The summed E-state index contributed by atoms with van der Waals surface area (Å²) in [5.41, 5.74) is 0. The van der Waals surface area contributed by atoms with Gasteiger partial charge in [0.25, 0.3) is 0 Å². The largest absolute Gasteiger partial charge is 0.469 e. The molecule has 0 heterocycles. The number of carbonyl (C=O) groups is 1. The average Bonchev–Trinajstić information content (AvgIpc) is 2.93. The van der Waals surface area contributed by atoms with Crippen LogP contribution in [0.1, 0.15) is 80.1 Å². The fourth-order valence-electron chi connectivity index (χ4n) is 4.09. The molecule has 0 bridgehead atoms. The summed E-state index contributed by atoms with van der Waals surface area (Å²) < 4.78 is 18.6. The highest BCUT2D eigenvalue weighted by Crippen LogP contribution is 2.47. The molecular weight excluding hydrogens is 436 g/mol. The number of hydrogen-bond acceptors (Lipinski definition) is 5. The zero-order valence-electron chi connectivity index (χ0n) is 22.8. The Balaban J connectivity index is 2.99. The van der Waals surface area contributed by atoms with Crippen molar-refractivity contribution >= 4 is 22.6 Å². The van der Waals surface area contributed by atoms with Crippen LogP contribution < -0.4 is 0 Å². The molecule has 0 spiro atoms. The van der Waals surface area contributed by atoms with Crippen LogP contribution in [0.2, 0.25) is 36.3 Å². The molecule has 5 nitrogen and oxygen atoms in total. The molecule has 0 aromatic heterocycles. The number of esters is 1. The monoisotopic (exact) mass is 488 g/mol. The Morgan fingerprint density at radius 3 is 1.72 bits per heavy atom. The van der Waals surface area contributed by atoms with E-state index in [2.05, 4.69) is 67.7 Å². The van der Waals surface area contributed by atoms with E-state index in [9.17, 15) is 9.90 Å². The second-order valence-electron chi connectivity index (χ2n) is 12.8. The molecule has 7 heteroatoms. The molecule has 4 atom stereocenters. The van der Waals surface area contributed by atoms with Crippen LogP contribution in [-0.4, -0.2) is 53.6 Å². The number of rotatable bonds is 11. The molecule has 0 aromatic rings. The molecular formula is C25H52O5Si2. The second-order valence-corrected chi connectivity index (χ2v) is 22.3. The van der Waals surface area contributed by atoms with Gasteiger partial charge in [-0.05, 0) is 61.4 Å². The Labute approximate surface area is 200 Å². The maximum Gasteiger partial charge on any atom is 0.305 e. The molecule has 1 rings (SSSR count). The van der Waals surface area contributed by atoms with Gasteiger partial charge in [-0.2, -0.15) is 0 Å². The van der Waals surface area contributed by atoms with Crippen LogP contribution in [0.3, 0.4) is 0 Å². The first-order valence-corrected chi connectivity index (χ1v) is 18.3. The van der Waals surface area contributed by atoms with Gasteiger partial charge in [0.1, 0.15) is 0 Å². The third-order valence-corrected chi connectivity index (χ3v) is 17.3. The van der Waals surface area contributed by atoms with Crippen LogP contribution in [0.15, 0.2) is 0 Å². The summed E-state index contributed by atoms with van der Waals surface area (Å²) in [6, 6.07) is 0. The van der Waals surface area contributed by atoms with E-state index < -0.39 is 16.6 Å². The molecule has 0 aliphatic heterocycles. The molecule has 32 heavy (non-hydrogen) atoms. The van der Waals surface area contributed by atoms with Gasteiger partial charge in [-0.1, -0.05) is 54.4 Å². The van der Waals surface area contributed by atoms with Crippen LogP contribution in [0.5, 0.6) is 0 Å². The van der Waals surface area contributed by atoms with Crippen molar-refractivity contribution in [2.45, 2.75) is 129 Å². The topological polar surface area (TPSA) is 65.0 Å². The van der Waals surface area contributed by atoms with Crippen molar-refractivity contribution in [2.75, 3.05) is 13.7 Å². The lowest BCUT2D eigenvalue weighted by Gasteiger charge is -2.40. The van der Waals surface area contributed by atoms with Crippen molar-refractivity contribution in [1.29, 1.82) is 0 Å². The first-order valence-electron chi connectivity index (χ1n) is 12.5. The third-order valence-electron chi connectivity index (χ3n) is 8.33. The molecule has 0 amide bonds. The van der Waals surface area contributed by atoms with Gasteiger partial charge < -0.3 is 18.7 Å². The predicted molar refractivity (Wildman–Crippen MR) is 138 cm³/mol. The molecule has 1 N–H and O–H groups in total. The summed E-state index contributed by atoms with van der Waals surface area (Å²) in [7, 11) is -2.45. The first-order chi connectivity index (χ1) is 14.5. The zero-order valence-corrected chi connectivity index (χ0v) is 24.8. The average molecular weight is 489 g/mol. The summed E-state index contributed by atoms with van der Waals surface area (Å²) in [6.07, 6.45) is 5.40. The summed E-state index contributed by atoms with van der Waals surface area (Å²) in [6.45, 7) is 23.0. The number of methoxy groups -OCH3 is 1. The minimum atomic E-state index is -1.95. The fraction of sp³-hybridized carbons (Fsp3) is 0.960. The number of hydrogen-bond donors (Lipinski definition) is 1. The van der Waals surface area contributed by atoms with Crippen molar-refractivity contribution in [3.8, 4) is 0 Å². The van der Waals surface area contributed by atoms with Crippen molar-refractivity contribution in [3.63, 3.8) is 0 Å². The van der Waals surface area contributed by atoms with Crippen molar-refractivity contribution in [3.05, 3.63) is 0 Å². The highest BCUT2D eigenvalue weighted by molar-refractivity contribution is 6.74. The van der Waals surface area contributed by atoms with E-state index in [1.165, 1.54) is 7.11 Å². The van der Waals surface area contributed by atoms with Gasteiger partial charge >= 0.3 is 5.97 Å². The molecule has 1 aliphatic carbocycles. The molecule has 0 saturated heterocycles. The van der Waals surface area contributed by atoms with Gasteiger partial charge in [-0.15, -0.1) is 0 Å². The molecule has 0 aromatic carbocycles. The van der Waals surface area contributed by atoms with E-state index in [1.54, 1.807) is 0 Å². The summed E-state index contributed by atoms with van der Waals surface area (Å²) in [5.74, 6) is 0.266. The van der Waals surface area contributed by atoms with E-state index in [0.717, 1.165) is 32.1 Å². The SMILES string of the molecule is COC(=O)CCCCC[C@H]1[C@@H](CO)[C@H](O[Si](C)(C)C(C)(C)C)C[C@@H]1O[Si](C)(C)C(C)(C)C. The van der Waals surface area contributed by atoms with E-state index in [1.807, 2.05) is 0 Å². The molecule has 1 saturated carbocycles. The maximum atomic E-state index is 11.4. The van der Waals surface area contributed by atoms with E-state index in [-0.39, 0.29) is 40.8 Å². The molecule has 0 unspecified atom stereocenters. The Morgan fingerprint density at radius 1 is 0.844 bits per heavy atom. The summed E-state index contributed by atoms with van der Waals surface area (Å²) >= 11 is 0. The maximum absolute atomic E-state index is 11.4. The number of ether oxygens (including phenoxy) is 1. The van der Waals surface area contributed by atoms with Crippen molar-refractivity contribution in [2.24, 2.45) is 11.8 Å². The fourth-order valence-corrected chi connectivity index (χ4v) is 6.86. The minimum absolute atomic E-state index is 0.0516. The molecule has 190 valence electrons. The van der Waals surface area contributed by atoms with Crippen LogP contribution >= 0.6 is 0 Å². The van der Waals surface area contributed by atoms with Crippen LogP contribution in [0.4, 0.5) is 0 Å². The van der Waals surface area contributed by atoms with Gasteiger partial charge in [0, 0.05) is 18.9 Å². The standard InChI is InChI=1S/C25H52O5Si2/c1-24(2,3)31(8,9)29-21-17-22(30-32(10,11)25(4,5)6)20(18-26)19(21)15-13-12-14-16-23(27)28-7/h19-22,26H,12-18H2,1-11H3/t19-,20+,21-,22+/m0/s1. The number of carbonyl (C=O) groups excluding carboxylic acids is 1. The number of aliphatic hydroxyl groups is 1. The number of aliphatic hydroxyl groups excluding tert-OH is 1. The van der Waals surface area contributed by atoms with E-state index in [0.29, 0.717) is 12.3 Å². The lowest BCUT2D eigenvalue weighted by molar-refractivity contribution is -0.140. The Hall–Kier alpha value is -0.216. The Kier molecular flexibility index (Phi) is 10.7. The Morgan fingerprint density at radius 2 is 1.31 bits per heavy atom. The van der Waals surface area contributed by atoms with Gasteiger partial charge in [0.15, 0.2) is 16.6 Å². The minimum Gasteiger partial charge on any atom is -0.469 e. The second kappa shape index (κ2) is 11.5. The summed E-state index contributed by atoms with van der Waals surface area (Å²) in [5, 5.41) is 10.7. The van der Waals surface area contributed by atoms with Crippen LogP contribution in [0, 0.1) is 11.8 Å². The van der Waals surface area contributed by atoms with Gasteiger partial charge in [0.2, 0.25) is 0 Å². The predicted octanol–water partition coefficient (Wildman–Crippen LogP) is 6.52. The molecule has 1 aliphatic rings. The zero-order chi connectivity index (χ0) is 25.0. The molecule has 1 fully saturated rings. The smallest absolute Gasteiger partial charge is 0.305 e. The Bertz CT molecular complexity index is 592. The van der Waals surface area contributed by atoms with Crippen LogP contribution in [-0.2, 0) is 18.4 Å². The molecule has 0 radical (unpaired) electrons. The quantitative estimate of drug-likeness (QED) is 0.204. The van der Waals surface area contributed by atoms with Gasteiger partial charge in [0.05, 0.1) is 19.3 Å².